The summed E-state index contributed by atoms with van der Waals surface area (Å²) in [7, 11) is 0. The van der Waals surface area contributed by atoms with Crippen molar-refractivity contribution in [3.05, 3.63) is 54.1 Å². The summed E-state index contributed by atoms with van der Waals surface area (Å²) < 4.78 is 5.56. The maximum Gasteiger partial charge on any atom is 0.222 e. The predicted molar refractivity (Wildman–Crippen MR) is 81.8 cm³/mol. The molecule has 2 rings (SSSR count). The summed E-state index contributed by atoms with van der Waals surface area (Å²) in [4.78, 5) is 0. The Labute approximate surface area is 119 Å². The van der Waals surface area contributed by atoms with Gasteiger partial charge in [0.25, 0.3) is 0 Å². The van der Waals surface area contributed by atoms with Gasteiger partial charge in [0.15, 0.2) is 0 Å². The van der Waals surface area contributed by atoms with Crippen molar-refractivity contribution in [3.8, 4) is 5.75 Å². The third-order valence-corrected chi connectivity index (χ3v) is 2.94. The molecule has 0 aliphatic carbocycles. The average Bonchev–Trinajstić information content (AvgIpc) is 2.38. The Morgan fingerprint density at radius 3 is 2.55 bits per heavy atom. The number of anilines is 2. The van der Waals surface area contributed by atoms with E-state index < -0.39 is 5.79 Å². The Morgan fingerprint density at radius 1 is 1.20 bits per heavy atom. The first-order valence-corrected chi connectivity index (χ1v) is 6.53. The number of hydrogen-bond acceptors (Lipinski definition) is 4. The van der Waals surface area contributed by atoms with Crippen LogP contribution in [0.1, 0.15) is 12.5 Å². The van der Waals surface area contributed by atoms with Crippen molar-refractivity contribution < 1.29 is 9.84 Å². The highest BCUT2D eigenvalue weighted by atomic mass is 16.6. The summed E-state index contributed by atoms with van der Waals surface area (Å²) >= 11 is 0. The third kappa shape index (κ3) is 3.90. The van der Waals surface area contributed by atoms with Crippen LogP contribution < -0.4 is 15.8 Å². The van der Waals surface area contributed by atoms with Crippen LogP contribution in [0.15, 0.2) is 48.5 Å². The molecule has 0 saturated carbocycles. The summed E-state index contributed by atoms with van der Waals surface area (Å²) in [5.74, 6) is -0.664. The number of para-hydroxylation sites is 1. The monoisotopic (exact) mass is 272 g/mol. The molecule has 20 heavy (non-hydrogen) atoms. The molecule has 106 valence electrons. The first kappa shape index (κ1) is 14.2. The van der Waals surface area contributed by atoms with E-state index in [0.717, 1.165) is 16.9 Å². The van der Waals surface area contributed by atoms with E-state index in [-0.39, 0.29) is 6.54 Å². The van der Waals surface area contributed by atoms with Crippen LogP contribution in [-0.4, -0.2) is 17.4 Å². The number of nitrogen functional groups attached to an aromatic ring is 1. The van der Waals surface area contributed by atoms with Crippen molar-refractivity contribution in [3.63, 3.8) is 0 Å². The molecule has 4 N–H and O–H groups in total. The molecule has 0 aliphatic rings. The molecule has 0 fully saturated rings. The molecule has 0 amide bonds. The number of hydrogen-bond donors (Lipinski definition) is 3. The van der Waals surface area contributed by atoms with Crippen LogP contribution in [-0.2, 0) is 0 Å². The van der Waals surface area contributed by atoms with Crippen molar-refractivity contribution >= 4 is 11.4 Å². The van der Waals surface area contributed by atoms with E-state index in [1.54, 1.807) is 6.92 Å². The lowest BCUT2D eigenvalue weighted by Gasteiger charge is -2.26. The highest BCUT2D eigenvalue weighted by Gasteiger charge is 2.22. The standard InChI is InChI=1S/C16H20N2O2/c1-12-10-13(17)8-9-15(12)18-11-16(2,19)20-14-6-4-3-5-7-14/h3-10,18-19H,11,17H2,1-2H3. The fourth-order valence-electron chi connectivity index (χ4n) is 1.92. The molecular formula is C16H20N2O2. The molecule has 0 bridgehead atoms. The zero-order valence-corrected chi connectivity index (χ0v) is 11.8. The van der Waals surface area contributed by atoms with Crippen molar-refractivity contribution in [1.29, 1.82) is 0 Å². The van der Waals surface area contributed by atoms with Gasteiger partial charge in [0, 0.05) is 18.3 Å². The Kier molecular flexibility index (Phi) is 4.15. The Morgan fingerprint density at radius 2 is 1.90 bits per heavy atom. The molecule has 4 nitrogen and oxygen atoms in total. The number of rotatable bonds is 5. The van der Waals surface area contributed by atoms with Gasteiger partial charge in [0.05, 0.1) is 6.54 Å². The molecule has 0 spiro atoms. The molecule has 4 heteroatoms. The predicted octanol–water partition coefficient (Wildman–Crippen LogP) is 2.78. The smallest absolute Gasteiger partial charge is 0.222 e. The quantitative estimate of drug-likeness (QED) is 0.578. The molecule has 0 aliphatic heterocycles. The number of aliphatic hydroxyl groups is 1. The normalized spacial score (nSPS) is 13.6. The maximum absolute atomic E-state index is 10.3. The zero-order chi connectivity index (χ0) is 14.6. The largest absolute Gasteiger partial charge is 0.461 e. The van der Waals surface area contributed by atoms with E-state index in [1.165, 1.54) is 0 Å². The molecule has 1 unspecified atom stereocenters. The van der Waals surface area contributed by atoms with Gasteiger partial charge in [-0.2, -0.15) is 0 Å². The maximum atomic E-state index is 10.3. The molecule has 2 aromatic rings. The summed E-state index contributed by atoms with van der Waals surface area (Å²) in [5, 5.41) is 13.4. The van der Waals surface area contributed by atoms with Crippen molar-refractivity contribution in [1.82, 2.24) is 0 Å². The lowest BCUT2D eigenvalue weighted by molar-refractivity contribution is -0.109. The van der Waals surface area contributed by atoms with E-state index >= 15 is 0 Å². The van der Waals surface area contributed by atoms with Gasteiger partial charge >= 0.3 is 0 Å². The van der Waals surface area contributed by atoms with Gasteiger partial charge in [0.2, 0.25) is 5.79 Å². The van der Waals surface area contributed by atoms with Gasteiger partial charge in [-0.25, -0.2) is 0 Å². The summed E-state index contributed by atoms with van der Waals surface area (Å²) in [6, 6.07) is 14.8. The first-order chi connectivity index (χ1) is 9.46. The van der Waals surface area contributed by atoms with Crippen LogP contribution in [0.3, 0.4) is 0 Å². The first-order valence-electron chi connectivity index (χ1n) is 6.53. The Hall–Kier alpha value is -2.20. The van der Waals surface area contributed by atoms with Crippen LogP contribution in [0.5, 0.6) is 5.75 Å². The summed E-state index contributed by atoms with van der Waals surface area (Å²) in [6.45, 7) is 3.86. The fraction of sp³-hybridized carbons (Fsp3) is 0.250. The molecule has 0 heterocycles. The Balaban J connectivity index is 1.98. The second kappa shape index (κ2) is 5.84. The number of ether oxygens (including phenoxy) is 1. The van der Waals surface area contributed by atoms with Crippen LogP contribution in [0, 0.1) is 6.92 Å². The highest BCUT2D eigenvalue weighted by molar-refractivity contribution is 5.57. The average molecular weight is 272 g/mol. The van der Waals surface area contributed by atoms with Crippen molar-refractivity contribution in [2.75, 3.05) is 17.6 Å². The third-order valence-electron chi connectivity index (χ3n) is 2.94. The summed E-state index contributed by atoms with van der Waals surface area (Å²) in [5.41, 5.74) is 8.39. The second-order valence-corrected chi connectivity index (χ2v) is 5.02. The minimum atomic E-state index is -1.30. The minimum Gasteiger partial charge on any atom is -0.461 e. The minimum absolute atomic E-state index is 0.270. The lowest BCUT2D eigenvalue weighted by Crippen LogP contribution is -2.39. The van der Waals surface area contributed by atoms with E-state index in [0.29, 0.717) is 5.75 Å². The van der Waals surface area contributed by atoms with E-state index in [4.69, 9.17) is 10.5 Å². The molecule has 2 aromatic carbocycles. The van der Waals surface area contributed by atoms with Crippen LogP contribution in [0.2, 0.25) is 0 Å². The van der Waals surface area contributed by atoms with Crippen LogP contribution in [0.25, 0.3) is 0 Å². The van der Waals surface area contributed by atoms with Gasteiger partial charge in [0.1, 0.15) is 5.75 Å². The number of nitrogens with two attached hydrogens (primary N) is 1. The van der Waals surface area contributed by atoms with Gasteiger partial charge in [-0.3, -0.25) is 0 Å². The fourth-order valence-corrected chi connectivity index (χ4v) is 1.92. The van der Waals surface area contributed by atoms with Crippen LogP contribution in [0.4, 0.5) is 11.4 Å². The van der Waals surface area contributed by atoms with Crippen molar-refractivity contribution in [2.24, 2.45) is 0 Å². The van der Waals surface area contributed by atoms with Gasteiger partial charge in [-0.1, -0.05) is 18.2 Å². The number of nitrogens with one attached hydrogen (secondary N) is 1. The molecular weight excluding hydrogens is 252 g/mol. The molecule has 0 radical (unpaired) electrons. The van der Waals surface area contributed by atoms with E-state index in [1.807, 2.05) is 55.5 Å². The van der Waals surface area contributed by atoms with Crippen LogP contribution >= 0.6 is 0 Å². The Bertz CT molecular complexity index is 568. The number of benzene rings is 2. The molecule has 0 saturated heterocycles. The lowest BCUT2D eigenvalue weighted by atomic mass is 10.1. The topological polar surface area (TPSA) is 67.5 Å². The van der Waals surface area contributed by atoms with Gasteiger partial charge < -0.3 is 20.9 Å². The molecule has 1 atom stereocenters. The highest BCUT2D eigenvalue weighted by Crippen LogP contribution is 2.20. The summed E-state index contributed by atoms with van der Waals surface area (Å²) in [6.07, 6.45) is 0. The van der Waals surface area contributed by atoms with E-state index in [2.05, 4.69) is 5.32 Å². The van der Waals surface area contributed by atoms with Crippen molar-refractivity contribution in [2.45, 2.75) is 19.6 Å². The van der Waals surface area contributed by atoms with Gasteiger partial charge in [-0.05, 0) is 42.8 Å². The van der Waals surface area contributed by atoms with E-state index in [9.17, 15) is 5.11 Å². The number of aryl methyl sites for hydroxylation is 1. The SMILES string of the molecule is Cc1cc(N)ccc1NCC(C)(O)Oc1ccccc1. The van der Waals surface area contributed by atoms with Gasteiger partial charge in [-0.15, -0.1) is 0 Å². The second-order valence-electron chi connectivity index (χ2n) is 5.02. The zero-order valence-electron chi connectivity index (χ0n) is 11.8. The molecule has 0 aromatic heterocycles.